The van der Waals surface area contributed by atoms with E-state index in [0.717, 1.165) is 12.8 Å². The second kappa shape index (κ2) is 7.97. The molecule has 4 rings (SSSR count). The van der Waals surface area contributed by atoms with Gasteiger partial charge < -0.3 is 15.1 Å². The number of hydrogen-bond donors (Lipinski definition) is 1. The van der Waals surface area contributed by atoms with Crippen molar-refractivity contribution in [3.63, 3.8) is 0 Å². The van der Waals surface area contributed by atoms with Gasteiger partial charge in [0, 0.05) is 32.2 Å². The maximum absolute atomic E-state index is 13.9. The molecule has 3 atom stereocenters. The van der Waals surface area contributed by atoms with Crippen LogP contribution in [0, 0.1) is 11.7 Å². The van der Waals surface area contributed by atoms with Crippen molar-refractivity contribution >= 4 is 11.8 Å². The van der Waals surface area contributed by atoms with Gasteiger partial charge in [-0.25, -0.2) is 4.39 Å². The van der Waals surface area contributed by atoms with E-state index in [0.29, 0.717) is 38.1 Å². The molecule has 6 heteroatoms. The van der Waals surface area contributed by atoms with E-state index in [2.05, 4.69) is 5.32 Å². The predicted molar refractivity (Wildman–Crippen MR) is 101 cm³/mol. The zero-order valence-electron chi connectivity index (χ0n) is 15.7. The van der Waals surface area contributed by atoms with Gasteiger partial charge >= 0.3 is 0 Å². The normalized spacial score (nSPS) is 28.6. The van der Waals surface area contributed by atoms with Crippen LogP contribution in [-0.4, -0.2) is 59.9 Å². The molecule has 0 aromatic heterocycles. The minimum absolute atomic E-state index is 0.0769. The molecule has 1 aromatic rings. The van der Waals surface area contributed by atoms with E-state index in [1.165, 1.54) is 37.8 Å². The molecular weight excluding hydrogens is 345 g/mol. The fraction of sp³-hybridized carbons (Fsp3) is 0.619. The Morgan fingerprint density at radius 2 is 1.70 bits per heavy atom. The van der Waals surface area contributed by atoms with E-state index >= 15 is 0 Å². The van der Waals surface area contributed by atoms with Crippen LogP contribution in [0.3, 0.4) is 0 Å². The number of rotatable bonds is 2. The first-order chi connectivity index (χ1) is 13.1. The van der Waals surface area contributed by atoms with Gasteiger partial charge in [-0.05, 0) is 43.7 Å². The summed E-state index contributed by atoms with van der Waals surface area (Å²) >= 11 is 0. The van der Waals surface area contributed by atoms with Crippen molar-refractivity contribution < 1.29 is 14.0 Å². The Kier molecular flexibility index (Phi) is 5.43. The van der Waals surface area contributed by atoms with Crippen molar-refractivity contribution in [1.29, 1.82) is 0 Å². The molecule has 3 fully saturated rings. The summed E-state index contributed by atoms with van der Waals surface area (Å²) in [7, 11) is 0. The number of carbonyl (C=O) groups is 2. The standard InChI is InChI=1S/C21H28FN3O2/c22-17-8-3-2-7-16(17)20(26)24-10-5-11-25(13-12-24)21(27)19-14-15-6-1-4-9-18(15)23-19/h2-3,7-8,15,18-19,23H,1,4-6,9-14H2. The highest BCUT2D eigenvalue weighted by molar-refractivity contribution is 5.94. The van der Waals surface area contributed by atoms with Gasteiger partial charge in [0.2, 0.25) is 5.91 Å². The smallest absolute Gasteiger partial charge is 0.256 e. The summed E-state index contributed by atoms with van der Waals surface area (Å²) in [5.74, 6) is 0.0354. The fourth-order valence-corrected chi connectivity index (χ4v) is 4.88. The zero-order chi connectivity index (χ0) is 18.8. The molecule has 27 heavy (non-hydrogen) atoms. The van der Waals surface area contributed by atoms with Gasteiger partial charge in [-0.1, -0.05) is 25.0 Å². The van der Waals surface area contributed by atoms with Crippen molar-refractivity contribution in [2.75, 3.05) is 26.2 Å². The van der Waals surface area contributed by atoms with E-state index in [1.807, 2.05) is 4.90 Å². The fourth-order valence-electron chi connectivity index (χ4n) is 4.88. The summed E-state index contributed by atoms with van der Waals surface area (Å²) in [5.41, 5.74) is 0.110. The first kappa shape index (κ1) is 18.4. The second-order valence-corrected chi connectivity index (χ2v) is 8.06. The lowest BCUT2D eigenvalue weighted by Gasteiger charge is -2.25. The monoisotopic (exact) mass is 373 g/mol. The molecule has 2 saturated heterocycles. The van der Waals surface area contributed by atoms with Gasteiger partial charge in [0.05, 0.1) is 11.6 Å². The molecule has 1 saturated carbocycles. The van der Waals surface area contributed by atoms with Crippen molar-refractivity contribution in [2.24, 2.45) is 5.92 Å². The predicted octanol–water partition coefficient (Wildman–Crippen LogP) is 2.42. The van der Waals surface area contributed by atoms with Crippen molar-refractivity contribution in [3.05, 3.63) is 35.6 Å². The van der Waals surface area contributed by atoms with Crippen LogP contribution in [0.25, 0.3) is 0 Å². The number of halogens is 1. The third-order valence-corrected chi connectivity index (χ3v) is 6.36. The van der Waals surface area contributed by atoms with Gasteiger partial charge in [-0.2, -0.15) is 0 Å². The highest BCUT2D eigenvalue weighted by Crippen LogP contribution is 2.33. The molecule has 1 aliphatic carbocycles. The number of fused-ring (bicyclic) bond motifs is 1. The summed E-state index contributed by atoms with van der Waals surface area (Å²) < 4.78 is 13.9. The van der Waals surface area contributed by atoms with E-state index in [-0.39, 0.29) is 23.4 Å². The SMILES string of the molecule is O=C(c1ccccc1F)N1CCCN(C(=O)C2CC3CCCCC3N2)CC1. The summed E-state index contributed by atoms with van der Waals surface area (Å²) in [5, 5.41) is 3.56. The average Bonchev–Trinajstić information content (AvgIpc) is 2.97. The maximum atomic E-state index is 13.9. The van der Waals surface area contributed by atoms with E-state index < -0.39 is 5.82 Å². The molecule has 3 aliphatic rings. The lowest BCUT2D eigenvalue weighted by molar-refractivity contribution is -0.133. The highest BCUT2D eigenvalue weighted by atomic mass is 19.1. The van der Waals surface area contributed by atoms with Gasteiger partial charge in [-0.3, -0.25) is 9.59 Å². The molecule has 2 amide bonds. The minimum atomic E-state index is -0.488. The number of amides is 2. The Bertz CT molecular complexity index is 696. The number of benzene rings is 1. The Morgan fingerprint density at radius 3 is 2.52 bits per heavy atom. The Hall–Kier alpha value is -1.95. The molecule has 1 aromatic carbocycles. The molecule has 146 valence electrons. The van der Waals surface area contributed by atoms with Crippen LogP contribution < -0.4 is 5.32 Å². The van der Waals surface area contributed by atoms with Crippen molar-refractivity contribution in [2.45, 2.75) is 50.6 Å². The first-order valence-electron chi connectivity index (χ1n) is 10.2. The topological polar surface area (TPSA) is 52.7 Å². The van der Waals surface area contributed by atoms with Crippen LogP contribution in [0.1, 0.15) is 48.9 Å². The lowest BCUT2D eigenvalue weighted by Crippen LogP contribution is -2.47. The molecule has 0 radical (unpaired) electrons. The number of carbonyl (C=O) groups excluding carboxylic acids is 2. The Morgan fingerprint density at radius 1 is 0.963 bits per heavy atom. The molecule has 0 bridgehead atoms. The Balaban J connectivity index is 1.36. The summed E-state index contributed by atoms with van der Waals surface area (Å²) in [6.45, 7) is 2.19. The van der Waals surface area contributed by atoms with Gasteiger partial charge in [0.15, 0.2) is 0 Å². The number of nitrogens with one attached hydrogen (secondary N) is 1. The zero-order valence-corrected chi connectivity index (χ0v) is 15.7. The van der Waals surface area contributed by atoms with Crippen LogP contribution in [-0.2, 0) is 4.79 Å². The van der Waals surface area contributed by atoms with Gasteiger partial charge in [0.1, 0.15) is 5.82 Å². The van der Waals surface area contributed by atoms with Crippen LogP contribution in [0.4, 0.5) is 4.39 Å². The van der Waals surface area contributed by atoms with E-state index in [9.17, 15) is 14.0 Å². The van der Waals surface area contributed by atoms with Crippen LogP contribution in [0.15, 0.2) is 24.3 Å². The number of hydrogen-bond acceptors (Lipinski definition) is 3. The van der Waals surface area contributed by atoms with Crippen molar-refractivity contribution in [1.82, 2.24) is 15.1 Å². The molecule has 2 aliphatic heterocycles. The van der Waals surface area contributed by atoms with Crippen molar-refractivity contribution in [3.8, 4) is 0 Å². The van der Waals surface area contributed by atoms with Gasteiger partial charge in [-0.15, -0.1) is 0 Å². The van der Waals surface area contributed by atoms with Crippen LogP contribution >= 0.6 is 0 Å². The molecule has 1 N–H and O–H groups in total. The van der Waals surface area contributed by atoms with Crippen LogP contribution in [0.2, 0.25) is 0 Å². The minimum Gasteiger partial charge on any atom is -0.340 e. The van der Waals surface area contributed by atoms with Crippen LogP contribution in [0.5, 0.6) is 0 Å². The molecule has 3 unspecified atom stereocenters. The summed E-state index contributed by atoms with van der Waals surface area (Å²) in [4.78, 5) is 29.2. The number of nitrogens with zero attached hydrogens (tertiary/aromatic N) is 2. The third kappa shape index (κ3) is 3.86. The van der Waals surface area contributed by atoms with Gasteiger partial charge in [0.25, 0.3) is 5.91 Å². The lowest BCUT2D eigenvalue weighted by atomic mass is 9.85. The Labute approximate surface area is 159 Å². The second-order valence-electron chi connectivity index (χ2n) is 8.06. The largest absolute Gasteiger partial charge is 0.340 e. The quantitative estimate of drug-likeness (QED) is 0.866. The summed E-state index contributed by atoms with van der Waals surface area (Å²) in [6, 6.07) is 6.52. The molecule has 0 spiro atoms. The third-order valence-electron chi connectivity index (χ3n) is 6.36. The average molecular weight is 373 g/mol. The highest BCUT2D eigenvalue weighted by Gasteiger charge is 2.40. The summed E-state index contributed by atoms with van der Waals surface area (Å²) in [6.07, 6.45) is 6.61. The van der Waals surface area contributed by atoms with E-state index in [4.69, 9.17) is 0 Å². The molecule has 2 heterocycles. The molecular formula is C21H28FN3O2. The molecule has 5 nitrogen and oxygen atoms in total. The van der Waals surface area contributed by atoms with E-state index in [1.54, 1.807) is 17.0 Å². The maximum Gasteiger partial charge on any atom is 0.256 e. The first-order valence-corrected chi connectivity index (χ1v) is 10.2.